The van der Waals surface area contributed by atoms with E-state index in [0.717, 1.165) is 16.4 Å². The van der Waals surface area contributed by atoms with Gasteiger partial charge in [-0.15, -0.1) is 0 Å². The van der Waals surface area contributed by atoms with Crippen LogP contribution in [0.4, 0.5) is 10.5 Å². The molecular weight excluding hydrogens is 331 g/mol. The predicted octanol–water partition coefficient (Wildman–Crippen LogP) is 3.81. The van der Waals surface area contributed by atoms with Gasteiger partial charge in [0.25, 0.3) is 0 Å². The van der Waals surface area contributed by atoms with E-state index in [-0.39, 0.29) is 0 Å². The van der Waals surface area contributed by atoms with E-state index in [9.17, 15) is 4.79 Å². The van der Waals surface area contributed by atoms with Crippen LogP contribution in [-0.4, -0.2) is 35.0 Å². The lowest BCUT2D eigenvalue weighted by Gasteiger charge is -2.32. The number of hydrogen-bond donors (Lipinski definition) is 2. The molecule has 1 saturated heterocycles. The van der Waals surface area contributed by atoms with Gasteiger partial charge in [0.1, 0.15) is 5.60 Å². The minimum Gasteiger partial charge on any atom is -0.444 e. The van der Waals surface area contributed by atoms with Crippen molar-refractivity contribution in [2.24, 2.45) is 0 Å². The van der Waals surface area contributed by atoms with Crippen LogP contribution in [0.25, 0.3) is 10.9 Å². The number of hydrogen-bond acceptors (Lipinski definition) is 4. The smallest absolute Gasteiger partial charge is 0.444 e. The minimum absolute atomic E-state index is 0.436. The van der Waals surface area contributed by atoms with Crippen LogP contribution in [0.1, 0.15) is 48.5 Å². The average molecular weight is 358 g/mol. The monoisotopic (exact) mass is 358 g/mol. The van der Waals surface area contributed by atoms with Crippen molar-refractivity contribution in [3.8, 4) is 0 Å². The summed E-state index contributed by atoms with van der Waals surface area (Å²) in [7, 11) is -0.515. The number of aromatic amines is 1. The molecule has 0 atom stereocenters. The van der Waals surface area contributed by atoms with Gasteiger partial charge < -0.3 is 19.0 Å². The third kappa shape index (κ3) is 3.59. The number of rotatable bonds is 2. The zero-order valence-corrected chi connectivity index (χ0v) is 16.5. The number of aromatic nitrogens is 1. The second kappa shape index (κ2) is 6.03. The van der Waals surface area contributed by atoms with E-state index in [4.69, 9.17) is 14.0 Å². The maximum Gasteiger partial charge on any atom is 0.495 e. The minimum atomic E-state index is -0.560. The molecule has 2 N–H and O–H groups in total. The topological polar surface area (TPSA) is 72.6 Å². The highest BCUT2D eigenvalue weighted by Crippen LogP contribution is 2.37. The van der Waals surface area contributed by atoms with Gasteiger partial charge >= 0.3 is 13.2 Å². The zero-order valence-electron chi connectivity index (χ0n) is 16.5. The van der Waals surface area contributed by atoms with Crippen LogP contribution in [0, 0.1) is 0 Å². The summed E-state index contributed by atoms with van der Waals surface area (Å²) < 4.78 is 17.7. The lowest BCUT2D eigenvalue weighted by atomic mass is 9.76. The molecule has 1 amide bonds. The van der Waals surface area contributed by atoms with E-state index in [1.54, 1.807) is 0 Å². The van der Waals surface area contributed by atoms with Crippen LogP contribution in [0.2, 0.25) is 0 Å². The van der Waals surface area contributed by atoms with E-state index < -0.39 is 30.0 Å². The Labute approximate surface area is 154 Å². The highest BCUT2D eigenvalue weighted by Gasteiger charge is 2.52. The van der Waals surface area contributed by atoms with E-state index in [0.29, 0.717) is 5.69 Å². The van der Waals surface area contributed by atoms with Crippen molar-refractivity contribution in [1.82, 2.24) is 4.98 Å². The Balaban J connectivity index is 1.94. The number of nitrogens with one attached hydrogen (secondary N) is 2. The molecule has 6 nitrogen and oxygen atoms in total. The molecule has 1 aliphatic rings. The molecular formula is C19H27BN2O4. The molecule has 2 aromatic rings. The molecule has 0 unspecified atom stereocenters. The first kappa shape index (κ1) is 18.8. The summed E-state index contributed by atoms with van der Waals surface area (Å²) in [4.78, 5) is 15.3. The maximum atomic E-state index is 12.1. The molecule has 7 heteroatoms. The number of fused-ring (bicyclic) bond motifs is 1. The van der Waals surface area contributed by atoms with E-state index >= 15 is 0 Å². The highest BCUT2D eigenvalue weighted by molar-refractivity contribution is 6.65. The summed E-state index contributed by atoms with van der Waals surface area (Å²) in [6.07, 6.45) is 1.36. The van der Waals surface area contributed by atoms with Crippen molar-refractivity contribution in [2.45, 2.75) is 65.3 Å². The third-order valence-corrected chi connectivity index (χ3v) is 4.85. The molecule has 1 aromatic carbocycles. The summed E-state index contributed by atoms with van der Waals surface area (Å²) in [5.41, 5.74) is 0.953. The van der Waals surface area contributed by atoms with Crippen molar-refractivity contribution < 1.29 is 18.8 Å². The Hall–Kier alpha value is -1.99. The maximum absolute atomic E-state index is 12.1. The largest absolute Gasteiger partial charge is 0.495 e. The first-order valence-electron chi connectivity index (χ1n) is 8.85. The Bertz CT molecular complexity index is 820. The number of carbonyl (C=O) groups excluding carboxylic acids is 1. The molecule has 0 saturated carbocycles. The molecule has 1 fully saturated rings. The van der Waals surface area contributed by atoms with Crippen LogP contribution >= 0.6 is 0 Å². The number of H-pyrrole nitrogens is 1. The fourth-order valence-electron chi connectivity index (χ4n) is 2.85. The first-order valence-corrected chi connectivity index (χ1v) is 8.85. The average Bonchev–Trinajstić information content (AvgIpc) is 2.98. The van der Waals surface area contributed by atoms with Gasteiger partial charge in [0.15, 0.2) is 0 Å². The van der Waals surface area contributed by atoms with Gasteiger partial charge in [0.2, 0.25) is 0 Å². The van der Waals surface area contributed by atoms with Crippen molar-refractivity contribution in [2.75, 3.05) is 5.32 Å². The quantitative estimate of drug-likeness (QED) is 0.801. The molecule has 0 spiro atoms. The van der Waals surface area contributed by atoms with Gasteiger partial charge in [-0.25, -0.2) is 4.79 Å². The fourth-order valence-corrected chi connectivity index (χ4v) is 2.85. The Morgan fingerprint density at radius 2 is 1.77 bits per heavy atom. The van der Waals surface area contributed by atoms with Gasteiger partial charge in [-0.3, -0.25) is 5.32 Å². The molecule has 0 radical (unpaired) electrons. The normalized spacial score (nSPS) is 19.0. The summed E-state index contributed by atoms with van der Waals surface area (Å²) in [5, 5.41) is 3.79. The molecule has 1 aromatic heterocycles. The third-order valence-electron chi connectivity index (χ3n) is 4.85. The highest BCUT2D eigenvalue weighted by atomic mass is 16.7. The zero-order chi connectivity index (χ0) is 19.3. The first-order chi connectivity index (χ1) is 11.9. The van der Waals surface area contributed by atoms with Gasteiger partial charge in [-0.1, -0.05) is 0 Å². The summed E-state index contributed by atoms with van der Waals surface area (Å²) in [6, 6.07) is 5.73. The van der Waals surface area contributed by atoms with Crippen LogP contribution in [0.5, 0.6) is 0 Å². The molecule has 140 valence electrons. The van der Waals surface area contributed by atoms with Crippen molar-refractivity contribution in [1.29, 1.82) is 0 Å². The molecule has 2 heterocycles. The lowest BCUT2D eigenvalue weighted by Crippen LogP contribution is -2.41. The Morgan fingerprint density at radius 1 is 1.15 bits per heavy atom. The predicted molar refractivity (Wildman–Crippen MR) is 104 cm³/mol. The van der Waals surface area contributed by atoms with Gasteiger partial charge in [-0.2, -0.15) is 0 Å². The fraction of sp³-hybridized carbons (Fsp3) is 0.526. The van der Waals surface area contributed by atoms with Crippen LogP contribution in [-0.2, 0) is 14.0 Å². The summed E-state index contributed by atoms with van der Waals surface area (Å²) in [6.45, 7) is 13.6. The van der Waals surface area contributed by atoms with Crippen LogP contribution in [0.15, 0.2) is 24.4 Å². The van der Waals surface area contributed by atoms with E-state index in [1.165, 1.54) is 0 Å². The molecule has 0 bridgehead atoms. The van der Waals surface area contributed by atoms with Crippen LogP contribution < -0.4 is 10.8 Å². The molecule has 0 aliphatic carbocycles. The van der Waals surface area contributed by atoms with Crippen molar-refractivity contribution in [3.63, 3.8) is 0 Å². The molecule has 1 aliphatic heterocycles. The van der Waals surface area contributed by atoms with Gasteiger partial charge in [0, 0.05) is 17.4 Å². The Kier molecular flexibility index (Phi) is 4.36. The number of amides is 1. The van der Waals surface area contributed by atoms with Crippen LogP contribution in [0.3, 0.4) is 0 Å². The number of anilines is 1. The van der Waals surface area contributed by atoms with E-state index in [1.807, 2.05) is 72.9 Å². The Morgan fingerprint density at radius 3 is 2.35 bits per heavy atom. The van der Waals surface area contributed by atoms with Crippen molar-refractivity contribution in [3.05, 3.63) is 24.4 Å². The van der Waals surface area contributed by atoms with Crippen molar-refractivity contribution >= 4 is 35.3 Å². The SMILES string of the molecule is CC(C)(C)OC(=O)Nc1cc(B2OC(C)(C)C(C)(C)O2)c2cc[nH]c2c1. The molecule has 26 heavy (non-hydrogen) atoms. The number of benzene rings is 1. The summed E-state index contributed by atoms with van der Waals surface area (Å²) >= 11 is 0. The second-order valence-electron chi connectivity index (χ2n) is 8.72. The van der Waals surface area contributed by atoms with E-state index in [2.05, 4.69) is 10.3 Å². The van der Waals surface area contributed by atoms with Gasteiger partial charge in [-0.05, 0) is 77.5 Å². The second-order valence-corrected chi connectivity index (χ2v) is 8.72. The summed E-state index contributed by atoms with van der Waals surface area (Å²) in [5.74, 6) is 0. The molecule has 3 rings (SSSR count). The number of ether oxygens (including phenoxy) is 1. The standard InChI is InChI=1S/C19H27BN2O4/c1-17(2,3)24-16(23)22-12-10-14(13-8-9-21-15(13)11-12)20-25-18(4,5)19(6,7)26-20/h8-11,21H,1-7H3,(H,22,23). The van der Waals surface area contributed by atoms with Gasteiger partial charge in [0.05, 0.1) is 11.2 Å². The number of carbonyl (C=O) groups is 1. The lowest BCUT2D eigenvalue weighted by molar-refractivity contribution is 0.00578.